The Labute approximate surface area is 137 Å². The zero-order valence-electron chi connectivity index (χ0n) is 14.4. The van der Waals surface area contributed by atoms with Crippen molar-refractivity contribution >= 4 is 17.9 Å². The number of hydrogen-bond donors (Lipinski definition) is 1. The van der Waals surface area contributed by atoms with Gasteiger partial charge in [0.2, 0.25) is 11.8 Å². The van der Waals surface area contributed by atoms with Gasteiger partial charge in [-0.05, 0) is 40.2 Å². The SMILES string of the molecule is C/C=C/C(=O)N1CCCN(C(=O)CNC(=O)OC(C)(C)C)CC1. The molecular formula is C16H27N3O4. The first kappa shape index (κ1) is 19.0. The van der Waals surface area contributed by atoms with E-state index in [-0.39, 0.29) is 18.4 Å². The van der Waals surface area contributed by atoms with Gasteiger partial charge in [-0.15, -0.1) is 0 Å². The lowest BCUT2D eigenvalue weighted by Gasteiger charge is -2.23. The quantitative estimate of drug-likeness (QED) is 0.790. The smallest absolute Gasteiger partial charge is 0.408 e. The van der Waals surface area contributed by atoms with Gasteiger partial charge in [0.15, 0.2) is 0 Å². The lowest BCUT2D eigenvalue weighted by molar-refractivity contribution is -0.131. The molecule has 0 aromatic heterocycles. The summed E-state index contributed by atoms with van der Waals surface area (Å²) < 4.78 is 5.09. The van der Waals surface area contributed by atoms with E-state index in [1.807, 2.05) is 0 Å². The Morgan fingerprint density at radius 1 is 1.09 bits per heavy atom. The van der Waals surface area contributed by atoms with E-state index in [1.165, 1.54) is 6.08 Å². The number of ether oxygens (including phenoxy) is 1. The zero-order valence-corrected chi connectivity index (χ0v) is 14.4. The summed E-state index contributed by atoms with van der Waals surface area (Å²) in [4.78, 5) is 39.0. The van der Waals surface area contributed by atoms with Crippen LogP contribution in [-0.2, 0) is 14.3 Å². The van der Waals surface area contributed by atoms with Crippen molar-refractivity contribution in [3.8, 4) is 0 Å². The molecule has 1 rings (SSSR count). The van der Waals surface area contributed by atoms with Crippen LogP contribution in [0.2, 0.25) is 0 Å². The van der Waals surface area contributed by atoms with Crippen LogP contribution in [0.5, 0.6) is 0 Å². The first-order valence-electron chi connectivity index (χ1n) is 7.89. The topological polar surface area (TPSA) is 79.0 Å². The molecule has 3 amide bonds. The minimum atomic E-state index is -0.606. The number of nitrogens with zero attached hydrogens (tertiary/aromatic N) is 2. The van der Waals surface area contributed by atoms with E-state index in [1.54, 1.807) is 43.6 Å². The predicted molar refractivity (Wildman–Crippen MR) is 86.8 cm³/mol. The summed E-state index contributed by atoms with van der Waals surface area (Å²) in [5, 5.41) is 2.47. The monoisotopic (exact) mass is 325 g/mol. The zero-order chi connectivity index (χ0) is 17.5. The molecular weight excluding hydrogens is 298 g/mol. The van der Waals surface area contributed by atoms with Crippen molar-refractivity contribution in [2.75, 3.05) is 32.7 Å². The van der Waals surface area contributed by atoms with Crippen molar-refractivity contribution in [3.05, 3.63) is 12.2 Å². The van der Waals surface area contributed by atoms with E-state index >= 15 is 0 Å². The Hall–Kier alpha value is -2.05. The van der Waals surface area contributed by atoms with Crippen LogP contribution in [0.3, 0.4) is 0 Å². The molecule has 1 saturated heterocycles. The van der Waals surface area contributed by atoms with Gasteiger partial charge >= 0.3 is 6.09 Å². The summed E-state index contributed by atoms with van der Waals surface area (Å²) in [6, 6.07) is 0. The van der Waals surface area contributed by atoms with Crippen molar-refractivity contribution in [3.63, 3.8) is 0 Å². The van der Waals surface area contributed by atoms with Gasteiger partial charge in [0.1, 0.15) is 12.1 Å². The summed E-state index contributed by atoms with van der Waals surface area (Å²) in [5.41, 5.74) is -0.594. The lowest BCUT2D eigenvalue weighted by Crippen LogP contribution is -2.43. The third-order valence-electron chi connectivity index (χ3n) is 3.25. The summed E-state index contributed by atoms with van der Waals surface area (Å²) in [7, 11) is 0. The first-order valence-corrected chi connectivity index (χ1v) is 7.89. The number of amides is 3. The fourth-order valence-electron chi connectivity index (χ4n) is 2.21. The van der Waals surface area contributed by atoms with Crippen LogP contribution in [0.15, 0.2) is 12.2 Å². The molecule has 0 saturated carbocycles. The van der Waals surface area contributed by atoms with Crippen molar-refractivity contribution < 1.29 is 19.1 Å². The summed E-state index contributed by atoms with van der Waals surface area (Å²) in [6.07, 6.45) is 3.36. The molecule has 1 aliphatic heterocycles. The molecule has 1 aliphatic rings. The highest BCUT2D eigenvalue weighted by Crippen LogP contribution is 2.07. The highest BCUT2D eigenvalue weighted by molar-refractivity contribution is 5.87. The number of hydrogen-bond acceptors (Lipinski definition) is 4. The molecule has 1 heterocycles. The van der Waals surface area contributed by atoms with Gasteiger partial charge in [0, 0.05) is 26.2 Å². The second kappa shape index (κ2) is 8.55. The molecule has 0 aromatic rings. The van der Waals surface area contributed by atoms with E-state index in [0.29, 0.717) is 26.2 Å². The molecule has 0 aromatic carbocycles. The second-order valence-corrected chi connectivity index (χ2v) is 6.42. The fraction of sp³-hybridized carbons (Fsp3) is 0.688. The summed E-state index contributed by atoms with van der Waals surface area (Å²) in [5.74, 6) is -0.204. The van der Waals surface area contributed by atoms with E-state index < -0.39 is 11.7 Å². The van der Waals surface area contributed by atoms with Gasteiger partial charge in [0.25, 0.3) is 0 Å². The number of carbonyl (C=O) groups excluding carboxylic acids is 3. The second-order valence-electron chi connectivity index (χ2n) is 6.42. The number of nitrogens with one attached hydrogen (secondary N) is 1. The molecule has 0 spiro atoms. The Morgan fingerprint density at radius 2 is 1.70 bits per heavy atom. The van der Waals surface area contributed by atoms with Gasteiger partial charge in [-0.1, -0.05) is 6.08 Å². The van der Waals surface area contributed by atoms with Crippen LogP contribution in [0.4, 0.5) is 4.79 Å². The van der Waals surface area contributed by atoms with Crippen LogP contribution >= 0.6 is 0 Å². The van der Waals surface area contributed by atoms with Gasteiger partial charge < -0.3 is 19.9 Å². The number of alkyl carbamates (subject to hydrolysis) is 1. The normalized spacial score (nSPS) is 16.2. The maximum atomic E-state index is 12.2. The van der Waals surface area contributed by atoms with Crippen LogP contribution in [0.1, 0.15) is 34.1 Å². The molecule has 1 fully saturated rings. The van der Waals surface area contributed by atoms with Crippen LogP contribution < -0.4 is 5.32 Å². The van der Waals surface area contributed by atoms with E-state index in [0.717, 1.165) is 6.42 Å². The van der Waals surface area contributed by atoms with Gasteiger partial charge in [-0.2, -0.15) is 0 Å². The Balaban J connectivity index is 2.43. The highest BCUT2D eigenvalue weighted by Gasteiger charge is 2.22. The molecule has 23 heavy (non-hydrogen) atoms. The fourth-order valence-corrected chi connectivity index (χ4v) is 2.21. The van der Waals surface area contributed by atoms with Crippen molar-refractivity contribution in [2.45, 2.75) is 39.7 Å². The lowest BCUT2D eigenvalue weighted by atomic mass is 10.2. The Morgan fingerprint density at radius 3 is 2.30 bits per heavy atom. The average molecular weight is 325 g/mol. The molecule has 130 valence electrons. The standard InChI is InChI=1S/C16H27N3O4/c1-5-7-13(20)18-8-6-9-19(11-10-18)14(21)12-17-15(22)23-16(2,3)4/h5,7H,6,8-12H2,1-4H3,(H,17,22)/b7-5+. The maximum absolute atomic E-state index is 12.2. The number of rotatable bonds is 3. The van der Waals surface area contributed by atoms with Crippen molar-refractivity contribution in [1.82, 2.24) is 15.1 Å². The average Bonchev–Trinajstić information content (AvgIpc) is 2.69. The van der Waals surface area contributed by atoms with Gasteiger partial charge in [-0.3, -0.25) is 9.59 Å². The molecule has 0 unspecified atom stereocenters. The highest BCUT2D eigenvalue weighted by atomic mass is 16.6. The van der Waals surface area contributed by atoms with Gasteiger partial charge in [-0.25, -0.2) is 4.79 Å². The third-order valence-corrected chi connectivity index (χ3v) is 3.25. The minimum absolute atomic E-state index is 0.0336. The first-order chi connectivity index (χ1) is 10.7. The van der Waals surface area contributed by atoms with Crippen LogP contribution in [0.25, 0.3) is 0 Å². The third kappa shape index (κ3) is 7.17. The molecule has 0 atom stereocenters. The number of allylic oxidation sites excluding steroid dienone is 1. The molecule has 0 aliphatic carbocycles. The van der Waals surface area contributed by atoms with E-state index in [4.69, 9.17) is 4.74 Å². The Kier molecular flexibility index (Phi) is 7.06. The molecule has 1 N–H and O–H groups in total. The largest absolute Gasteiger partial charge is 0.444 e. The molecule has 7 nitrogen and oxygen atoms in total. The van der Waals surface area contributed by atoms with Crippen molar-refractivity contribution in [2.24, 2.45) is 0 Å². The summed E-state index contributed by atoms with van der Waals surface area (Å²) in [6.45, 7) is 9.17. The van der Waals surface area contributed by atoms with Gasteiger partial charge in [0.05, 0.1) is 0 Å². The minimum Gasteiger partial charge on any atom is -0.444 e. The van der Waals surface area contributed by atoms with Crippen LogP contribution in [-0.4, -0.2) is 66.0 Å². The van der Waals surface area contributed by atoms with E-state index in [9.17, 15) is 14.4 Å². The van der Waals surface area contributed by atoms with Crippen molar-refractivity contribution in [1.29, 1.82) is 0 Å². The predicted octanol–water partition coefficient (Wildman–Crippen LogP) is 1.15. The maximum Gasteiger partial charge on any atom is 0.408 e. The summed E-state index contributed by atoms with van der Waals surface area (Å²) >= 11 is 0. The van der Waals surface area contributed by atoms with Crippen LogP contribution in [0, 0.1) is 0 Å². The molecule has 7 heteroatoms. The van der Waals surface area contributed by atoms with E-state index in [2.05, 4.69) is 5.32 Å². The molecule has 0 radical (unpaired) electrons. The number of carbonyl (C=O) groups is 3. The molecule has 0 bridgehead atoms. The Bertz CT molecular complexity index is 468.